The number of hydrogen-bond donors (Lipinski definition) is 0. The van der Waals surface area contributed by atoms with Gasteiger partial charge < -0.3 is 13.9 Å². The molecule has 1 spiro atoms. The van der Waals surface area contributed by atoms with Gasteiger partial charge in [-0.1, -0.05) is 40.6 Å². The summed E-state index contributed by atoms with van der Waals surface area (Å²) in [6, 6.07) is 12.1. The molecule has 1 amide bonds. The Labute approximate surface area is 168 Å². The second-order valence-corrected chi connectivity index (χ2v) is 8.23. The first-order valence-corrected chi connectivity index (χ1v) is 9.81. The summed E-state index contributed by atoms with van der Waals surface area (Å²) in [7, 11) is 0. The second-order valence-electron chi connectivity index (χ2n) is 8.23. The Balaban J connectivity index is 1.36. The van der Waals surface area contributed by atoms with Crippen LogP contribution in [0.3, 0.4) is 0 Å². The Morgan fingerprint density at radius 3 is 2.59 bits per heavy atom. The molecule has 29 heavy (non-hydrogen) atoms. The van der Waals surface area contributed by atoms with Crippen molar-refractivity contribution in [1.29, 1.82) is 0 Å². The van der Waals surface area contributed by atoms with E-state index in [4.69, 9.17) is 9.05 Å². The third-order valence-electron chi connectivity index (χ3n) is 5.95. The largest absolute Gasteiger partial charge is 0.361 e. The number of aromatic nitrogens is 3. The molecule has 3 aromatic rings. The van der Waals surface area contributed by atoms with E-state index < -0.39 is 0 Å². The first kappa shape index (κ1) is 18.1. The number of rotatable bonds is 4. The standard InChI is InChI=1S/C21H23N5O3/c1-14-8-18(24-28-14)20(27)26-12-21(13-26)11-25(9-16-6-4-3-5-7-16)10-17(21)19-22-15(2)23-29-19/h3-8,17H,9-13H2,1-2H3. The molecule has 2 aliphatic rings. The molecule has 8 heteroatoms. The summed E-state index contributed by atoms with van der Waals surface area (Å²) in [5.41, 5.74) is 1.55. The number of likely N-dealkylation sites (tertiary alicyclic amines) is 2. The molecule has 2 fully saturated rings. The van der Waals surface area contributed by atoms with Gasteiger partial charge >= 0.3 is 0 Å². The van der Waals surface area contributed by atoms with Crippen LogP contribution in [0.1, 0.15) is 39.4 Å². The van der Waals surface area contributed by atoms with E-state index in [0.717, 1.165) is 19.6 Å². The van der Waals surface area contributed by atoms with Crippen molar-refractivity contribution >= 4 is 5.91 Å². The van der Waals surface area contributed by atoms with Crippen molar-refractivity contribution in [3.63, 3.8) is 0 Å². The van der Waals surface area contributed by atoms with Crippen LogP contribution in [0.2, 0.25) is 0 Å². The van der Waals surface area contributed by atoms with Crippen LogP contribution in [0.5, 0.6) is 0 Å². The lowest BCUT2D eigenvalue weighted by Gasteiger charge is -2.50. The van der Waals surface area contributed by atoms with Gasteiger partial charge in [0, 0.05) is 44.2 Å². The predicted octanol–water partition coefficient (Wildman–Crippen LogP) is 2.42. The number of benzene rings is 1. The highest BCUT2D eigenvalue weighted by Crippen LogP contribution is 2.49. The molecule has 4 heterocycles. The molecular weight excluding hydrogens is 370 g/mol. The van der Waals surface area contributed by atoms with Gasteiger partial charge in [0.25, 0.3) is 5.91 Å². The van der Waals surface area contributed by atoms with Crippen LogP contribution in [0.25, 0.3) is 0 Å². The zero-order valence-corrected chi connectivity index (χ0v) is 16.5. The monoisotopic (exact) mass is 393 g/mol. The third kappa shape index (κ3) is 3.23. The van der Waals surface area contributed by atoms with Gasteiger partial charge in [0.1, 0.15) is 5.76 Å². The fourth-order valence-corrected chi connectivity index (χ4v) is 4.64. The summed E-state index contributed by atoms with van der Waals surface area (Å²) in [4.78, 5) is 21.5. The summed E-state index contributed by atoms with van der Waals surface area (Å²) in [6.07, 6.45) is 0. The molecule has 1 unspecified atom stereocenters. The fraction of sp³-hybridized carbons (Fsp3) is 0.429. The van der Waals surface area contributed by atoms with Crippen LogP contribution in [0.4, 0.5) is 0 Å². The Kier molecular flexibility index (Phi) is 4.24. The molecule has 2 aliphatic heterocycles. The zero-order chi connectivity index (χ0) is 20.0. The lowest BCUT2D eigenvalue weighted by molar-refractivity contribution is -0.00192. The lowest BCUT2D eigenvalue weighted by Crippen LogP contribution is -2.61. The van der Waals surface area contributed by atoms with Crippen molar-refractivity contribution in [1.82, 2.24) is 25.1 Å². The maximum Gasteiger partial charge on any atom is 0.276 e. The molecule has 2 saturated heterocycles. The average molecular weight is 393 g/mol. The smallest absolute Gasteiger partial charge is 0.276 e. The van der Waals surface area contributed by atoms with Crippen LogP contribution in [0, 0.1) is 19.3 Å². The van der Waals surface area contributed by atoms with E-state index in [1.807, 2.05) is 17.9 Å². The number of amides is 1. The van der Waals surface area contributed by atoms with Gasteiger partial charge in [0.2, 0.25) is 5.89 Å². The van der Waals surface area contributed by atoms with E-state index in [9.17, 15) is 4.79 Å². The third-order valence-corrected chi connectivity index (χ3v) is 5.95. The number of carbonyl (C=O) groups excluding carboxylic acids is 1. The molecule has 1 aromatic carbocycles. The fourth-order valence-electron chi connectivity index (χ4n) is 4.64. The molecule has 8 nitrogen and oxygen atoms in total. The van der Waals surface area contributed by atoms with Gasteiger partial charge in [-0.05, 0) is 19.4 Å². The zero-order valence-electron chi connectivity index (χ0n) is 16.5. The molecule has 0 N–H and O–H groups in total. The Morgan fingerprint density at radius 1 is 1.14 bits per heavy atom. The SMILES string of the molecule is Cc1noc(C2CN(Cc3ccccc3)CC23CN(C(=O)c2cc(C)on2)C3)n1. The van der Waals surface area contributed by atoms with Crippen molar-refractivity contribution in [2.45, 2.75) is 26.3 Å². The molecule has 0 saturated carbocycles. The molecule has 5 rings (SSSR count). The van der Waals surface area contributed by atoms with E-state index in [0.29, 0.717) is 36.3 Å². The number of nitrogens with zero attached hydrogens (tertiary/aromatic N) is 5. The highest BCUT2D eigenvalue weighted by molar-refractivity contribution is 5.93. The molecule has 0 aliphatic carbocycles. The minimum absolute atomic E-state index is 0.0812. The molecule has 0 radical (unpaired) electrons. The van der Waals surface area contributed by atoms with Gasteiger partial charge in [-0.2, -0.15) is 4.98 Å². The van der Waals surface area contributed by atoms with Crippen LogP contribution in [0.15, 0.2) is 45.4 Å². The van der Waals surface area contributed by atoms with Crippen molar-refractivity contribution in [2.75, 3.05) is 26.2 Å². The summed E-state index contributed by atoms with van der Waals surface area (Å²) in [6.45, 7) is 7.50. The van der Waals surface area contributed by atoms with Gasteiger partial charge in [0.15, 0.2) is 11.5 Å². The van der Waals surface area contributed by atoms with Gasteiger partial charge in [-0.25, -0.2) is 0 Å². The highest BCUT2D eigenvalue weighted by atomic mass is 16.5. The van der Waals surface area contributed by atoms with Crippen LogP contribution < -0.4 is 0 Å². The van der Waals surface area contributed by atoms with E-state index in [1.165, 1.54) is 5.56 Å². The number of aryl methyl sites for hydroxylation is 2. The van der Waals surface area contributed by atoms with Crippen molar-refractivity contribution in [2.24, 2.45) is 5.41 Å². The minimum Gasteiger partial charge on any atom is -0.361 e. The summed E-state index contributed by atoms with van der Waals surface area (Å²) < 4.78 is 10.6. The van der Waals surface area contributed by atoms with Gasteiger partial charge in [0.05, 0.1) is 5.92 Å². The average Bonchev–Trinajstić information content (AvgIpc) is 3.39. The first-order chi connectivity index (χ1) is 14.0. The van der Waals surface area contributed by atoms with Gasteiger partial charge in [-0.15, -0.1) is 0 Å². The van der Waals surface area contributed by atoms with E-state index in [1.54, 1.807) is 13.0 Å². The van der Waals surface area contributed by atoms with Crippen molar-refractivity contribution < 1.29 is 13.8 Å². The van der Waals surface area contributed by atoms with Crippen molar-refractivity contribution in [3.05, 3.63) is 65.1 Å². The van der Waals surface area contributed by atoms with Crippen molar-refractivity contribution in [3.8, 4) is 0 Å². The number of carbonyl (C=O) groups is 1. The maximum absolute atomic E-state index is 12.7. The van der Waals surface area contributed by atoms with E-state index >= 15 is 0 Å². The molecule has 150 valence electrons. The topological polar surface area (TPSA) is 88.5 Å². The van der Waals surface area contributed by atoms with E-state index in [2.05, 4.69) is 44.5 Å². The van der Waals surface area contributed by atoms with Crippen LogP contribution in [-0.4, -0.2) is 57.2 Å². The normalized spacial score (nSPS) is 20.9. The summed E-state index contributed by atoms with van der Waals surface area (Å²) >= 11 is 0. The Hall–Kier alpha value is -3.00. The van der Waals surface area contributed by atoms with E-state index in [-0.39, 0.29) is 17.2 Å². The summed E-state index contributed by atoms with van der Waals surface area (Å²) in [5.74, 6) is 1.96. The quantitative estimate of drug-likeness (QED) is 0.672. The minimum atomic E-state index is -0.0885. The maximum atomic E-state index is 12.7. The lowest BCUT2D eigenvalue weighted by atomic mass is 9.71. The second kappa shape index (κ2) is 6.81. The highest BCUT2D eigenvalue weighted by Gasteiger charge is 2.57. The van der Waals surface area contributed by atoms with Crippen LogP contribution in [-0.2, 0) is 6.54 Å². The Bertz CT molecular complexity index is 1020. The van der Waals surface area contributed by atoms with Gasteiger partial charge in [-0.3, -0.25) is 9.69 Å². The Morgan fingerprint density at radius 2 is 1.93 bits per heavy atom. The van der Waals surface area contributed by atoms with Crippen LogP contribution >= 0.6 is 0 Å². The molecule has 0 bridgehead atoms. The number of hydrogen-bond acceptors (Lipinski definition) is 7. The summed E-state index contributed by atoms with van der Waals surface area (Å²) in [5, 5.41) is 7.86. The predicted molar refractivity (Wildman–Crippen MR) is 103 cm³/mol. The molecule has 1 atom stereocenters. The first-order valence-electron chi connectivity index (χ1n) is 9.81. The molecule has 2 aromatic heterocycles. The molecular formula is C21H23N5O3.